The molecule has 0 spiro atoms. The Bertz CT molecular complexity index is 2230. The van der Waals surface area contributed by atoms with Gasteiger partial charge in [-0.3, -0.25) is 0 Å². The summed E-state index contributed by atoms with van der Waals surface area (Å²) in [6, 6.07) is 35.9. The van der Waals surface area contributed by atoms with E-state index in [9.17, 15) is 0 Å². The van der Waals surface area contributed by atoms with Crippen LogP contribution in [0.3, 0.4) is 0 Å². The SMILES string of the molecule is CC(C)CCCC(C)CCc1ccc(-c2cc3c4c(c(-c5ccc(CCC(C)CCCC(C)C)s5)cc5c4c2N=C(c2ccccc2)S5)N=C(c2ccccc2)S3)s1. The highest BCUT2D eigenvalue weighted by molar-refractivity contribution is 8.15. The molecule has 2 aliphatic heterocycles. The van der Waals surface area contributed by atoms with Gasteiger partial charge in [0.05, 0.1) is 11.4 Å². The predicted molar refractivity (Wildman–Crippen MR) is 260 cm³/mol. The Hall–Kier alpha value is -3.42. The molecule has 4 aromatic carbocycles. The number of aliphatic imine (C=N–C) groups is 2. The lowest BCUT2D eigenvalue weighted by Gasteiger charge is -2.26. The van der Waals surface area contributed by atoms with Crippen molar-refractivity contribution in [2.24, 2.45) is 33.7 Å². The Morgan fingerprint density at radius 3 is 1.28 bits per heavy atom. The summed E-state index contributed by atoms with van der Waals surface area (Å²) in [5.41, 5.74) is 6.98. The van der Waals surface area contributed by atoms with Gasteiger partial charge in [-0.05, 0) is 85.8 Å². The van der Waals surface area contributed by atoms with Crippen molar-refractivity contribution < 1.29 is 0 Å². The zero-order valence-electron chi connectivity index (χ0n) is 35.1. The van der Waals surface area contributed by atoms with Crippen molar-refractivity contribution in [1.82, 2.24) is 0 Å². The van der Waals surface area contributed by atoms with E-state index in [0.717, 1.165) is 69.1 Å². The van der Waals surface area contributed by atoms with E-state index >= 15 is 0 Å². The van der Waals surface area contributed by atoms with Crippen LogP contribution in [0.2, 0.25) is 0 Å². The van der Waals surface area contributed by atoms with E-state index in [1.165, 1.54) is 103 Å². The molecule has 8 rings (SSSR count). The molecule has 0 bridgehead atoms. The molecule has 0 radical (unpaired) electrons. The molecule has 58 heavy (non-hydrogen) atoms. The van der Waals surface area contributed by atoms with E-state index in [1.807, 2.05) is 46.2 Å². The van der Waals surface area contributed by atoms with Gasteiger partial charge in [0.1, 0.15) is 10.1 Å². The molecule has 300 valence electrons. The fourth-order valence-corrected chi connectivity index (χ4v) is 12.5. The molecular formula is C52H58N2S4. The number of thioether (sulfide) groups is 2. The summed E-state index contributed by atoms with van der Waals surface area (Å²) in [5, 5.41) is 4.62. The molecule has 0 aliphatic carbocycles. The lowest BCUT2D eigenvalue weighted by molar-refractivity contribution is 0.437. The fraction of sp³-hybridized carbons (Fsp3) is 0.385. The highest BCUT2D eigenvalue weighted by Crippen LogP contribution is 2.58. The smallest absolute Gasteiger partial charge is 0.109 e. The Kier molecular flexibility index (Phi) is 13.4. The van der Waals surface area contributed by atoms with Crippen molar-refractivity contribution in [2.45, 2.75) is 116 Å². The Labute approximate surface area is 364 Å². The molecule has 2 aliphatic rings. The highest BCUT2D eigenvalue weighted by atomic mass is 32.2. The second-order valence-corrected chi connectivity index (χ2v) is 21.9. The maximum Gasteiger partial charge on any atom is 0.109 e. The van der Waals surface area contributed by atoms with Crippen molar-refractivity contribution in [2.75, 3.05) is 0 Å². The van der Waals surface area contributed by atoms with Crippen LogP contribution in [0, 0.1) is 23.7 Å². The monoisotopic (exact) mass is 838 g/mol. The van der Waals surface area contributed by atoms with Gasteiger partial charge in [0, 0.05) is 62.3 Å². The van der Waals surface area contributed by atoms with Crippen molar-refractivity contribution in [3.05, 3.63) is 118 Å². The minimum absolute atomic E-state index is 0.746. The second kappa shape index (κ2) is 18.9. The maximum absolute atomic E-state index is 5.57. The predicted octanol–water partition coefficient (Wildman–Crippen LogP) is 17.5. The quantitative estimate of drug-likeness (QED) is 0.0861. The standard InChI is InChI=1S/C52H58N2S4/c1-33(2)15-13-17-35(5)23-25-39-27-29-43(55-39)41-31-45-48-47-46(58-51(53-49(41)47)37-19-9-7-10-20-37)32-42(50(48)54-52(57-45)38-21-11-8-12-22-38)44-30-28-40(56-44)26-24-36(6)18-14-16-34(3)4/h7-12,19-22,27-36H,13-18,23-26H2,1-6H3. The molecule has 6 heteroatoms. The van der Waals surface area contributed by atoms with Crippen molar-refractivity contribution >= 4 is 78.4 Å². The van der Waals surface area contributed by atoms with Gasteiger partial charge < -0.3 is 0 Å². The van der Waals surface area contributed by atoms with Crippen LogP contribution >= 0.6 is 46.2 Å². The molecule has 0 saturated carbocycles. The number of nitrogens with zero attached hydrogens (tertiary/aromatic N) is 2. The van der Waals surface area contributed by atoms with Crippen molar-refractivity contribution in [3.63, 3.8) is 0 Å². The largest absolute Gasteiger partial charge is 0.240 e. The summed E-state index contributed by atoms with van der Waals surface area (Å²) in [4.78, 5) is 19.2. The van der Waals surface area contributed by atoms with Crippen molar-refractivity contribution in [1.29, 1.82) is 0 Å². The summed E-state index contributed by atoms with van der Waals surface area (Å²) < 4.78 is 0. The summed E-state index contributed by atoms with van der Waals surface area (Å²) in [6.07, 6.45) is 12.7. The number of rotatable bonds is 18. The molecule has 2 atom stereocenters. The summed E-state index contributed by atoms with van der Waals surface area (Å²) in [5.74, 6) is 3.07. The first-order valence-electron chi connectivity index (χ1n) is 21.7. The molecule has 0 fully saturated rings. The van der Waals surface area contributed by atoms with Gasteiger partial charge in [0.25, 0.3) is 0 Å². The summed E-state index contributed by atoms with van der Waals surface area (Å²) in [7, 11) is 0. The van der Waals surface area contributed by atoms with Crippen LogP contribution in [0.5, 0.6) is 0 Å². The highest BCUT2D eigenvalue weighted by Gasteiger charge is 2.31. The Balaban J connectivity index is 1.20. The third-order valence-electron chi connectivity index (χ3n) is 11.7. The molecule has 6 aromatic rings. The number of hydrogen-bond donors (Lipinski definition) is 0. The second-order valence-electron chi connectivity index (χ2n) is 17.5. The molecule has 2 nitrogen and oxygen atoms in total. The molecular weight excluding hydrogens is 781 g/mol. The Morgan fingerprint density at radius 1 is 0.466 bits per heavy atom. The number of hydrogen-bond acceptors (Lipinski definition) is 6. The third-order valence-corrected chi connectivity index (χ3v) is 16.2. The third kappa shape index (κ3) is 9.62. The number of aryl methyl sites for hydroxylation is 2. The van der Waals surface area contributed by atoms with E-state index in [4.69, 9.17) is 9.98 Å². The van der Waals surface area contributed by atoms with Crippen LogP contribution in [-0.2, 0) is 12.8 Å². The van der Waals surface area contributed by atoms with E-state index in [0.29, 0.717) is 0 Å². The van der Waals surface area contributed by atoms with Crippen LogP contribution in [0.4, 0.5) is 11.4 Å². The maximum atomic E-state index is 5.57. The van der Waals surface area contributed by atoms with Crippen LogP contribution in [0.1, 0.15) is 114 Å². The molecule has 0 amide bonds. The first-order valence-corrected chi connectivity index (χ1v) is 25.0. The van der Waals surface area contributed by atoms with Gasteiger partial charge in [-0.15, -0.1) is 22.7 Å². The van der Waals surface area contributed by atoms with Gasteiger partial charge in [-0.25, -0.2) is 9.98 Å². The molecule has 2 aromatic heterocycles. The number of thiophene rings is 2. The van der Waals surface area contributed by atoms with Gasteiger partial charge >= 0.3 is 0 Å². The van der Waals surface area contributed by atoms with Crippen LogP contribution < -0.4 is 0 Å². The average Bonchev–Trinajstić information content (AvgIpc) is 3.91. The first-order chi connectivity index (χ1) is 28.2. The van der Waals surface area contributed by atoms with Gasteiger partial charge in [-0.1, -0.05) is 164 Å². The normalized spacial score (nSPS) is 14.6. The summed E-state index contributed by atoms with van der Waals surface area (Å²) >= 11 is 7.56. The topological polar surface area (TPSA) is 24.7 Å². The summed E-state index contributed by atoms with van der Waals surface area (Å²) in [6.45, 7) is 14.2. The lowest BCUT2D eigenvalue weighted by Crippen LogP contribution is -2.05. The van der Waals surface area contributed by atoms with Crippen molar-refractivity contribution in [3.8, 4) is 20.9 Å². The van der Waals surface area contributed by atoms with Crippen LogP contribution in [0.25, 0.3) is 31.7 Å². The molecule has 2 unspecified atom stereocenters. The van der Waals surface area contributed by atoms with Gasteiger partial charge in [-0.2, -0.15) is 0 Å². The first kappa shape index (κ1) is 41.3. The average molecular weight is 839 g/mol. The number of benzene rings is 4. The fourth-order valence-electron chi connectivity index (χ4n) is 8.29. The minimum Gasteiger partial charge on any atom is -0.240 e. The Morgan fingerprint density at radius 2 is 0.879 bits per heavy atom. The zero-order valence-corrected chi connectivity index (χ0v) is 38.4. The lowest BCUT2D eigenvalue weighted by atomic mass is 9.96. The van der Waals surface area contributed by atoms with Gasteiger partial charge in [0.2, 0.25) is 0 Å². The van der Waals surface area contributed by atoms with Gasteiger partial charge in [0.15, 0.2) is 0 Å². The van der Waals surface area contributed by atoms with E-state index < -0.39 is 0 Å². The van der Waals surface area contributed by atoms with E-state index in [-0.39, 0.29) is 0 Å². The zero-order chi connectivity index (χ0) is 40.2. The van der Waals surface area contributed by atoms with E-state index in [2.05, 4.69) is 139 Å². The van der Waals surface area contributed by atoms with Crippen LogP contribution in [0.15, 0.2) is 117 Å². The minimum atomic E-state index is 0.746. The molecule has 4 heterocycles. The van der Waals surface area contributed by atoms with E-state index in [1.54, 1.807) is 0 Å². The molecule has 0 N–H and O–H groups in total. The van der Waals surface area contributed by atoms with Crippen LogP contribution in [-0.4, -0.2) is 10.1 Å². The molecule has 0 saturated heterocycles.